The standard InChI is InChI=1S/C11H8F3N3O2/c1-6(18)4-9-16-10(17-19-9)7-5-15-3-2-8(7)11(12,13)14/h2-3,5H,4H2,1H3. The van der Waals surface area contributed by atoms with E-state index >= 15 is 0 Å². The highest BCUT2D eigenvalue weighted by molar-refractivity contribution is 5.77. The molecule has 0 saturated heterocycles. The molecule has 0 aliphatic rings. The van der Waals surface area contributed by atoms with Crippen LogP contribution in [0.25, 0.3) is 11.4 Å². The van der Waals surface area contributed by atoms with Crippen molar-refractivity contribution in [1.82, 2.24) is 15.1 Å². The number of rotatable bonds is 3. The van der Waals surface area contributed by atoms with Gasteiger partial charge in [-0.3, -0.25) is 9.78 Å². The van der Waals surface area contributed by atoms with Crippen LogP contribution in [0.15, 0.2) is 23.0 Å². The van der Waals surface area contributed by atoms with Gasteiger partial charge in [0.15, 0.2) is 0 Å². The van der Waals surface area contributed by atoms with Gasteiger partial charge in [-0.2, -0.15) is 18.2 Å². The van der Waals surface area contributed by atoms with Crippen molar-refractivity contribution >= 4 is 5.78 Å². The summed E-state index contributed by atoms with van der Waals surface area (Å²) in [5.74, 6) is -0.492. The molecule has 8 heteroatoms. The Morgan fingerprint density at radius 1 is 1.42 bits per heavy atom. The molecule has 2 heterocycles. The highest BCUT2D eigenvalue weighted by Gasteiger charge is 2.34. The SMILES string of the molecule is CC(=O)Cc1nc(-c2cnccc2C(F)(F)F)no1. The molecule has 0 aromatic carbocycles. The lowest BCUT2D eigenvalue weighted by molar-refractivity contribution is -0.137. The zero-order chi connectivity index (χ0) is 14.0. The Bertz CT molecular complexity index is 607. The molecule has 0 amide bonds. The number of aromatic nitrogens is 3. The second-order valence-electron chi connectivity index (χ2n) is 3.81. The van der Waals surface area contributed by atoms with E-state index in [4.69, 9.17) is 4.52 Å². The van der Waals surface area contributed by atoms with E-state index in [1.165, 1.54) is 6.92 Å². The molecule has 0 unspecified atom stereocenters. The first-order valence-electron chi connectivity index (χ1n) is 5.21. The Labute approximate surface area is 105 Å². The summed E-state index contributed by atoms with van der Waals surface area (Å²) in [6.07, 6.45) is -2.62. The van der Waals surface area contributed by atoms with Crippen molar-refractivity contribution < 1.29 is 22.5 Å². The van der Waals surface area contributed by atoms with E-state index in [0.717, 1.165) is 18.5 Å². The smallest absolute Gasteiger partial charge is 0.338 e. The molecule has 0 N–H and O–H groups in total. The summed E-state index contributed by atoms with van der Waals surface area (Å²) >= 11 is 0. The second kappa shape index (κ2) is 4.79. The first kappa shape index (κ1) is 13.2. The molecular weight excluding hydrogens is 263 g/mol. The topological polar surface area (TPSA) is 68.9 Å². The quantitative estimate of drug-likeness (QED) is 0.856. The number of ketones is 1. The van der Waals surface area contributed by atoms with Gasteiger partial charge in [-0.25, -0.2) is 0 Å². The maximum Gasteiger partial charge on any atom is 0.417 e. The third kappa shape index (κ3) is 2.95. The molecule has 0 aliphatic heterocycles. The summed E-state index contributed by atoms with van der Waals surface area (Å²) in [5, 5.41) is 3.44. The Morgan fingerprint density at radius 2 is 2.16 bits per heavy atom. The maximum absolute atomic E-state index is 12.8. The molecule has 0 aliphatic carbocycles. The predicted molar refractivity (Wildman–Crippen MR) is 56.9 cm³/mol. The number of Topliss-reactive ketones (excluding diaryl/α,β-unsaturated/α-hetero) is 1. The number of halogens is 3. The minimum absolute atomic E-state index is 0.0283. The number of alkyl halides is 3. The van der Waals surface area contributed by atoms with E-state index < -0.39 is 11.7 Å². The fourth-order valence-electron chi connectivity index (χ4n) is 1.47. The fraction of sp³-hybridized carbons (Fsp3) is 0.273. The van der Waals surface area contributed by atoms with E-state index in [0.29, 0.717) is 0 Å². The fourth-order valence-corrected chi connectivity index (χ4v) is 1.47. The van der Waals surface area contributed by atoms with Gasteiger partial charge < -0.3 is 4.52 Å². The third-order valence-corrected chi connectivity index (χ3v) is 2.24. The normalized spacial score (nSPS) is 11.6. The Balaban J connectivity index is 2.42. The Kier molecular flexibility index (Phi) is 3.32. The van der Waals surface area contributed by atoms with Gasteiger partial charge in [-0.1, -0.05) is 5.16 Å². The molecule has 0 fully saturated rings. The van der Waals surface area contributed by atoms with E-state index in [2.05, 4.69) is 15.1 Å². The van der Waals surface area contributed by atoms with Gasteiger partial charge in [0, 0.05) is 12.4 Å². The van der Waals surface area contributed by atoms with Crippen LogP contribution in [0.1, 0.15) is 18.4 Å². The van der Waals surface area contributed by atoms with Crippen molar-refractivity contribution in [1.29, 1.82) is 0 Å². The van der Waals surface area contributed by atoms with Crippen molar-refractivity contribution in [2.45, 2.75) is 19.5 Å². The van der Waals surface area contributed by atoms with Crippen LogP contribution in [-0.4, -0.2) is 20.9 Å². The molecule has 19 heavy (non-hydrogen) atoms. The number of nitrogens with zero attached hydrogens (tertiary/aromatic N) is 3. The third-order valence-electron chi connectivity index (χ3n) is 2.24. The summed E-state index contributed by atoms with van der Waals surface area (Å²) in [6.45, 7) is 1.31. The van der Waals surface area contributed by atoms with Gasteiger partial charge in [0.2, 0.25) is 11.7 Å². The zero-order valence-corrected chi connectivity index (χ0v) is 9.73. The van der Waals surface area contributed by atoms with Crippen molar-refractivity contribution in [2.24, 2.45) is 0 Å². The Hall–Kier alpha value is -2.25. The number of hydrogen-bond donors (Lipinski definition) is 0. The number of pyridine rings is 1. The van der Waals surface area contributed by atoms with Crippen LogP contribution >= 0.6 is 0 Å². The molecule has 2 aromatic heterocycles. The first-order valence-corrected chi connectivity index (χ1v) is 5.21. The van der Waals surface area contributed by atoms with Gasteiger partial charge in [0.1, 0.15) is 5.78 Å². The molecular formula is C11H8F3N3O2. The molecule has 100 valence electrons. The van der Waals surface area contributed by atoms with Crippen molar-refractivity contribution in [3.8, 4) is 11.4 Å². The summed E-state index contributed by atoms with van der Waals surface area (Å²) in [5.41, 5.74) is -1.19. The van der Waals surface area contributed by atoms with Crippen LogP contribution < -0.4 is 0 Å². The molecule has 5 nitrogen and oxygen atoms in total. The van der Waals surface area contributed by atoms with Gasteiger partial charge in [-0.15, -0.1) is 0 Å². The van der Waals surface area contributed by atoms with Crippen LogP contribution in [0.2, 0.25) is 0 Å². The monoisotopic (exact) mass is 271 g/mol. The van der Waals surface area contributed by atoms with Crippen LogP contribution in [-0.2, 0) is 17.4 Å². The van der Waals surface area contributed by atoms with Crippen LogP contribution in [0.4, 0.5) is 13.2 Å². The minimum Gasteiger partial charge on any atom is -0.338 e. The molecule has 0 saturated carbocycles. The lowest BCUT2D eigenvalue weighted by atomic mass is 10.1. The largest absolute Gasteiger partial charge is 0.417 e. The average molecular weight is 271 g/mol. The second-order valence-corrected chi connectivity index (χ2v) is 3.81. The number of hydrogen-bond acceptors (Lipinski definition) is 5. The van der Waals surface area contributed by atoms with Crippen LogP contribution in [0.3, 0.4) is 0 Å². The lowest BCUT2D eigenvalue weighted by Crippen LogP contribution is -2.08. The molecule has 0 spiro atoms. The molecule has 0 radical (unpaired) electrons. The van der Waals surface area contributed by atoms with E-state index in [-0.39, 0.29) is 29.5 Å². The number of carbonyl (C=O) groups excluding carboxylic acids is 1. The van der Waals surface area contributed by atoms with Crippen molar-refractivity contribution in [3.05, 3.63) is 29.9 Å². The molecule has 0 bridgehead atoms. The molecule has 0 atom stereocenters. The summed E-state index contributed by atoms with van der Waals surface area (Å²) in [6, 6.07) is 0.830. The maximum atomic E-state index is 12.8. The predicted octanol–water partition coefficient (Wildman–Crippen LogP) is 2.28. The summed E-state index contributed by atoms with van der Waals surface area (Å²) in [4.78, 5) is 18.2. The lowest BCUT2D eigenvalue weighted by Gasteiger charge is -2.08. The highest BCUT2D eigenvalue weighted by Crippen LogP contribution is 2.35. The Morgan fingerprint density at radius 3 is 2.79 bits per heavy atom. The van der Waals surface area contributed by atoms with Crippen molar-refractivity contribution in [3.63, 3.8) is 0 Å². The molecule has 2 rings (SSSR count). The van der Waals surface area contributed by atoms with Gasteiger partial charge >= 0.3 is 6.18 Å². The highest BCUT2D eigenvalue weighted by atomic mass is 19.4. The zero-order valence-electron chi connectivity index (χ0n) is 9.73. The van der Waals surface area contributed by atoms with Crippen molar-refractivity contribution in [2.75, 3.05) is 0 Å². The molecule has 2 aromatic rings. The van der Waals surface area contributed by atoms with Gasteiger partial charge in [0.25, 0.3) is 0 Å². The van der Waals surface area contributed by atoms with Crippen LogP contribution in [0, 0.1) is 0 Å². The van der Waals surface area contributed by atoms with E-state index in [1.54, 1.807) is 0 Å². The minimum atomic E-state index is -4.54. The van der Waals surface area contributed by atoms with Gasteiger partial charge in [0.05, 0.1) is 17.5 Å². The van der Waals surface area contributed by atoms with Crippen LogP contribution in [0.5, 0.6) is 0 Å². The first-order chi connectivity index (χ1) is 8.88. The number of carbonyl (C=O) groups is 1. The van der Waals surface area contributed by atoms with E-state index in [9.17, 15) is 18.0 Å². The summed E-state index contributed by atoms with van der Waals surface area (Å²) < 4.78 is 43.1. The average Bonchev–Trinajstić information content (AvgIpc) is 2.75. The van der Waals surface area contributed by atoms with Gasteiger partial charge in [-0.05, 0) is 13.0 Å². The summed E-state index contributed by atoms with van der Waals surface area (Å²) in [7, 11) is 0. The van der Waals surface area contributed by atoms with E-state index in [1.807, 2.05) is 0 Å².